The Kier molecular flexibility index (Phi) is 16.0. The minimum absolute atomic E-state index is 0.326. The van der Waals surface area contributed by atoms with Crippen molar-refractivity contribution in [1.29, 1.82) is 0 Å². The Morgan fingerprint density at radius 3 is 1.35 bits per heavy atom. The lowest BCUT2D eigenvalue weighted by atomic mass is 9.90. The maximum absolute atomic E-state index is 11.8. The van der Waals surface area contributed by atoms with Gasteiger partial charge in [0.2, 0.25) is 0 Å². The molecule has 3 saturated heterocycles. The number of piperidine rings is 2. The van der Waals surface area contributed by atoms with Gasteiger partial charge in [0.25, 0.3) is 0 Å². The van der Waals surface area contributed by atoms with E-state index in [1.54, 1.807) is 14.2 Å². The Labute approximate surface area is 329 Å². The lowest BCUT2D eigenvalue weighted by Gasteiger charge is -2.45. The van der Waals surface area contributed by atoms with E-state index in [-0.39, 0.29) is 5.79 Å². The fraction of sp³-hybridized carbons (Fsp3) is 0.565. The summed E-state index contributed by atoms with van der Waals surface area (Å²) in [5.41, 5.74) is 4.04. The number of carbonyl (C=O) groups is 2. The summed E-state index contributed by atoms with van der Waals surface area (Å²) >= 11 is 0. The second kappa shape index (κ2) is 21.3. The summed E-state index contributed by atoms with van der Waals surface area (Å²) in [4.78, 5) is 29.1. The molecule has 3 heterocycles. The van der Waals surface area contributed by atoms with Crippen molar-refractivity contribution in [2.45, 2.75) is 76.8 Å². The molecule has 9 heteroatoms. The molecule has 0 amide bonds. The van der Waals surface area contributed by atoms with Crippen LogP contribution in [0.25, 0.3) is 0 Å². The number of likely N-dealkylation sites (tertiary alicyclic amines) is 2. The molecule has 4 bridgehead atoms. The van der Waals surface area contributed by atoms with E-state index in [4.69, 9.17) is 18.9 Å². The average molecular weight is 754 g/mol. The second-order valence-electron chi connectivity index (χ2n) is 16.0. The summed E-state index contributed by atoms with van der Waals surface area (Å²) in [6.45, 7) is 9.76. The van der Waals surface area contributed by atoms with Crippen LogP contribution in [-0.4, -0.2) is 99.1 Å². The van der Waals surface area contributed by atoms with E-state index < -0.39 is 0 Å². The maximum Gasteiger partial charge on any atom is 0.175 e. The molecule has 0 aromatic heterocycles. The molecule has 4 unspecified atom stereocenters. The molecule has 0 radical (unpaired) electrons. The minimum Gasteiger partial charge on any atom is -0.364 e. The van der Waals surface area contributed by atoms with Crippen LogP contribution < -0.4 is 0 Å². The number of benzene rings is 3. The number of nitrogens with zero attached hydrogens (tertiary/aromatic N) is 3. The predicted octanol–water partition coefficient (Wildman–Crippen LogP) is 7.19. The molecule has 3 aromatic rings. The highest BCUT2D eigenvalue weighted by molar-refractivity contribution is 5.86. The Bertz CT molecular complexity index is 1520. The molecule has 6 aliphatic rings. The monoisotopic (exact) mass is 753 g/mol. The first-order valence-electron chi connectivity index (χ1n) is 20.6. The number of ether oxygens (including phenoxy) is 4. The Hall–Kier alpha value is -3.28. The number of fused-ring (bicyclic) bond motifs is 4. The average Bonchev–Trinajstić information content (AvgIpc) is 3.72. The number of methoxy groups -OCH3 is 2. The highest BCUT2D eigenvalue weighted by Gasteiger charge is 2.55. The van der Waals surface area contributed by atoms with Crippen molar-refractivity contribution in [1.82, 2.24) is 14.7 Å². The highest BCUT2D eigenvalue weighted by atomic mass is 16.7. The number of ketones is 2. The van der Waals surface area contributed by atoms with Crippen LogP contribution in [0, 0.1) is 23.7 Å². The zero-order valence-corrected chi connectivity index (χ0v) is 33.2. The molecule has 4 atom stereocenters. The van der Waals surface area contributed by atoms with Gasteiger partial charge in [0, 0.05) is 96.5 Å². The van der Waals surface area contributed by atoms with Crippen molar-refractivity contribution in [3.8, 4) is 0 Å². The van der Waals surface area contributed by atoms with Gasteiger partial charge in [-0.25, -0.2) is 0 Å². The molecule has 0 spiro atoms. The van der Waals surface area contributed by atoms with Gasteiger partial charge in [-0.1, -0.05) is 91.0 Å². The normalized spacial score (nSPS) is 26.1. The van der Waals surface area contributed by atoms with E-state index in [9.17, 15) is 9.59 Å². The number of hydrogen-bond donors (Lipinski definition) is 0. The third kappa shape index (κ3) is 11.9. The molecule has 3 saturated carbocycles. The lowest BCUT2D eigenvalue weighted by molar-refractivity contribution is -0.270. The Morgan fingerprint density at radius 2 is 0.964 bits per heavy atom. The molecular formula is C46H63N3O6. The number of rotatable bonds is 8. The van der Waals surface area contributed by atoms with Crippen molar-refractivity contribution in [2.75, 3.05) is 67.1 Å². The summed E-state index contributed by atoms with van der Waals surface area (Å²) in [6.07, 6.45) is 8.65. The van der Waals surface area contributed by atoms with Gasteiger partial charge in [0.1, 0.15) is 25.0 Å². The number of Topliss-reactive ketones (excluding diaryl/α,β-unsaturated/α-hetero) is 2. The first-order chi connectivity index (χ1) is 27.0. The fourth-order valence-electron chi connectivity index (χ4n) is 9.29. The van der Waals surface area contributed by atoms with Crippen LogP contribution in [-0.2, 0) is 48.2 Å². The van der Waals surface area contributed by atoms with E-state index in [0.29, 0.717) is 61.9 Å². The van der Waals surface area contributed by atoms with Gasteiger partial charge in [0.05, 0.1) is 13.2 Å². The molecule has 55 heavy (non-hydrogen) atoms. The van der Waals surface area contributed by atoms with Gasteiger partial charge in [-0.15, -0.1) is 0 Å². The maximum atomic E-state index is 11.8. The SMILES string of the molecule is COC1(OC)C2CCC1CN(Cc1ccccc1)C2.O=C1C2CCC1CN(Cc1ccccc1)C2.O=C1CCCC1.c1ccc(CN2COCCOC2)cc1. The first kappa shape index (κ1) is 41.4. The van der Waals surface area contributed by atoms with Crippen molar-refractivity contribution in [3.05, 3.63) is 108 Å². The quantitative estimate of drug-likeness (QED) is 0.222. The third-order valence-corrected chi connectivity index (χ3v) is 12.1. The third-order valence-electron chi connectivity index (χ3n) is 12.1. The summed E-state index contributed by atoms with van der Waals surface area (Å²) in [6, 6.07) is 31.6. The summed E-state index contributed by atoms with van der Waals surface area (Å²) in [5.74, 6) is 2.34. The van der Waals surface area contributed by atoms with Gasteiger partial charge in [-0.3, -0.25) is 24.3 Å². The topological polar surface area (TPSA) is 80.8 Å². The zero-order valence-electron chi connectivity index (χ0n) is 33.2. The van der Waals surface area contributed by atoms with Gasteiger partial charge < -0.3 is 18.9 Å². The van der Waals surface area contributed by atoms with Crippen molar-refractivity contribution < 1.29 is 28.5 Å². The van der Waals surface area contributed by atoms with E-state index >= 15 is 0 Å². The van der Waals surface area contributed by atoms with Gasteiger partial charge in [-0.2, -0.15) is 0 Å². The van der Waals surface area contributed by atoms with Crippen molar-refractivity contribution >= 4 is 11.6 Å². The molecule has 6 fully saturated rings. The van der Waals surface area contributed by atoms with Crippen LogP contribution >= 0.6 is 0 Å². The molecule has 3 aromatic carbocycles. The van der Waals surface area contributed by atoms with Gasteiger partial charge in [-0.05, 0) is 55.2 Å². The highest BCUT2D eigenvalue weighted by Crippen LogP contribution is 2.47. The summed E-state index contributed by atoms with van der Waals surface area (Å²) in [5, 5.41) is 0. The van der Waals surface area contributed by atoms with Crippen LogP contribution in [0.2, 0.25) is 0 Å². The Morgan fingerprint density at radius 1 is 0.564 bits per heavy atom. The molecule has 298 valence electrons. The molecule has 3 aliphatic heterocycles. The molecule has 9 rings (SSSR count). The number of hydrogen-bond acceptors (Lipinski definition) is 9. The Balaban J connectivity index is 0.000000131. The fourth-order valence-corrected chi connectivity index (χ4v) is 9.29. The van der Waals surface area contributed by atoms with E-state index in [2.05, 4.69) is 93.6 Å². The van der Waals surface area contributed by atoms with Crippen LogP contribution in [0.3, 0.4) is 0 Å². The van der Waals surface area contributed by atoms with Crippen molar-refractivity contribution in [2.24, 2.45) is 23.7 Å². The van der Waals surface area contributed by atoms with Crippen LogP contribution in [0.15, 0.2) is 91.0 Å². The second-order valence-corrected chi connectivity index (χ2v) is 16.0. The molecule has 9 nitrogen and oxygen atoms in total. The molecule has 0 N–H and O–H groups in total. The predicted molar refractivity (Wildman–Crippen MR) is 215 cm³/mol. The van der Waals surface area contributed by atoms with E-state index in [1.165, 1.54) is 29.5 Å². The summed E-state index contributed by atoms with van der Waals surface area (Å²) in [7, 11) is 3.59. The standard InChI is InChI=1S/C16H23NO2.C14H17NO.C11H15NO2.C5H8O/c1-18-16(19-2)14-8-9-15(16)12-17(11-14)10-13-6-4-3-5-7-13;16-14-12-6-7-13(14)10-15(9-12)8-11-4-2-1-3-5-11;1-2-4-11(5-3-1)8-12-9-13-6-7-14-10-12;6-5-3-1-2-4-5/h3-7,14-15H,8-12H2,1-2H3;1-5,12-13H,6-10H2;1-5H,6-10H2;1-4H2. The van der Waals surface area contributed by atoms with Gasteiger partial charge in [0.15, 0.2) is 5.79 Å². The first-order valence-corrected chi connectivity index (χ1v) is 20.6. The van der Waals surface area contributed by atoms with E-state index in [1.807, 2.05) is 12.1 Å². The van der Waals surface area contributed by atoms with Crippen LogP contribution in [0.5, 0.6) is 0 Å². The summed E-state index contributed by atoms with van der Waals surface area (Å²) < 4.78 is 22.3. The van der Waals surface area contributed by atoms with Crippen LogP contribution in [0.1, 0.15) is 68.1 Å². The minimum atomic E-state index is -0.326. The van der Waals surface area contributed by atoms with E-state index in [0.717, 1.165) is 84.3 Å². The number of carbonyl (C=O) groups excluding carboxylic acids is 2. The van der Waals surface area contributed by atoms with Gasteiger partial charge >= 0.3 is 0 Å². The van der Waals surface area contributed by atoms with Crippen molar-refractivity contribution in [3.63, 3.8) is 0 Å². The zero-order chi connectivity index (χ0) is 38.3. The lowest BCUT2D eigenvalue weighted by Crippen LogP contribution is -2.55. The molecule has 3 aliphatic carbocycles. The molecular weight excluding hydrogens is 691 g/mol. The smallest absolute Gasteiger partial charge is 0.175 e. The van der Waals surface area contributed by atoms with Crippen LogP contribution in [0.4, 0.5) is 0 Å². The largest absolute Gasteiger partial charge is 0.364 e.